The Morgan fingerprint density at radius 1 is 1.50 bits per heavy atom. The molecule has 0 unspecified atom stereocenters. The molecule has 8 heavy (non-hydrogen) atoms. The van der Waals surface area contributed by atoms with E-state index in [0.29, 0.717) is 0 Å². The van der Waals surface area contributed by atoms with E-state index in [2.05, 4.69) is 26.0 Å². The fourth-order valence-corrected chi connectivity index (χ4v) is 0.634. The molecule has 0 bridgehead atoms. The molecule has 0 amide bonds. The van der Waals surface area contributed by atoms with Gasteiger partial charge in [-0.25, -0.2) is 11.1 Å². The van der Waals surface area contributed by atoms with E-state index in [1.165, 1.54) is 11.1 Å². The van der Waals surface area contributed by atoms with Crippen molar-refractivity contribution in [2.75, 3.05) is 0 Å². The van der Waals surface area contributed by atoms with Crippen molar-refractivity contribution in [3.05, 3.63) is 23.3 Å². The first-order valence-electron chi connectivity index (χ1n) is 2.55. The largest absolute Gasteiger partial charge is 0.253 e. The Labute approximate surface area is 69.5 Å². The summed E-state index contributed by atoms with van der Waals surface area (Å²) in [6, 6.07) is 0. The standard InChI is InChI=1S/C7H9.Hf/c1-6-4-3-5-7(6)2;/h3H,4H2,1-2H3;/q-1;. The van der Waals surface area contributed by atoms with Crippen LogP contribution in [0.1, 0.15) is 20.3 Å². The second-order valence-electron chi connectivity index (χ2n) is 1.96. The Morgan fingerprint density at radius 2 is 2.12 bits per heavy atom. The van der Waals surface area contributed by atoms with Crippen LogP contribution in [0.3, 0.4) is 0 Å². The van der Waals surface area contributed by atoms with Gasteiger partial charge in [0.25, 0.3) is 0 Å². The molecule has 1 rings (SSSR count). The van der Waals surface area contributed by atoms with Crippen LogP contribution in [0, 0.1) is 6.08 Å². The summed E-state index contributed by atoms with van der Waals surface area (Å²) < 4.78 is 0. The normalized spacial score (nSPS) is 16.8. The molecule has 0 saturated carbocycles. The van der Waals surface area contributed by atoms with Crippen LogP contribution >= 0.6 is 0 Å². The molecule has 0 spiro atoms. The first kappa shape index (κ1) is 8.35. The molecule has 1 aliphatic carbocycles. The predicted molar refractivity (Wildman–Crippen MR) is 30.8 cm³/mol. The Morgan fingerprint density at radius 3 is 2.25 bits per heavy atom. The Balaban J connectivity index is 0.000000490. The molecule has 0 fully saturated rings. The van der Waals surface area contributed by atoms with Crippen molar-refractivity contribution in [1.82, 2.24) is 0 Å². The molecule has 0 saturated heterocycles. The van der Waals surface area contributed by atoms with Gasteiger partial charge in [-0.3, -0.25) is 6.08 Å². The molecule has 0 aromatic carbocycles. The zero-order valence-electron chi connectivity index (χ0n) is 5.28. The summed E-state index contributed by atoms with van der Waals surface area (Å²) in [4.78, 5) is 0. The molecule has 0 radical (unpaired) electrons. The fourth-order valence-electron chi connectivity index (χ4n) is 0.634. The molecule has 0 atom stereocenters. The molecule has 0 heterocycles. The van der Waals surface area contributed by atoms with Crippen molar-refractivity contribution in [3.8, 4) is 0 Å². The fraction of sp³-hybridized carbons (Fsp3) is 0.429. The number of rotatable bonds is 0. The minimum Gasteiger partial charge on any atom is -0.253 e. The van der Waals surface area contributed by atoms with Crippen molar-refractivity contribution < 1.29 is 25.8 Å². The van der Waals surface area contributed by atoms with Crippen LogP contribution in [0.5, 0.6) is 0 Å². The molecule has 1 heteroatoms. The molecule has 1 aliphatic rings. The van der Waals surface area contributed by atoms with E-state index < -0.39 is 0 Å². The first-order valence-corrected chi connectivity index (χ1v) is 2.55. The Kier molecular flexibility index (Phi) is 3.54. The number of hydrogen-bond acceptors (Lipinski definition) is 0. The maximum Gasteiger partial charge on any atom is 0 e. The van der Waals surface area contributed by atoms with E-state index >= 15 is 0 Å². The van der Waals surface area contributed by atoms with Crippen LogP contribution in [0.4, 0.5) is 0 Å². The van der Waals surface area contributed by atoms with Crippen LogP contribution in [0.2, 0.25) is 0 Å². The quantitative estimate of drug-likeness (QED) is 0.467. The van der Waals surface area contributed by atoms with Gasteiger partial charge in [-0.15, -0.1) is 6.92 Å². The number of allylic oxidation sites excluding steroid dienone is 4. The van der Waals surface area contributed by atoms with Crippen molar-refractivity contribution in [3.63, 3.8) is 0 Å². The predicted octanol–water partition coefficient (Wildman–Crippen LogP) is 2.08. The van der Waals surface area contributed by atoms with Gasteiger partial charge >= 0.3 is 0 Å². The minimum atomic E-state index is 0. The van der Waals surface area contributed by atoms with Crippen LogP contribution in [-0.2, 0) is 25.8 Å². The van der Waals surface area contributed by atoms with E-state index in [0.717, 1.165) is 6.42 Å². The van der Waals surface area contributed by atoms with Crippen molar-refractivity contribution in [2.45, 2.75) is 20.3 Å². The molecule has 0 N–H and O–H groups in total. The van der Waals surface area contributed by atoms with Gasteiger partial charge in [0, 0.05) is 25.8 Å². The van der Waals surface area contributed by atoms with Gasteiger partial charge < -0.3 is 0 Å². The average molecular weight is 272 g/mol. The van der Waals surface area contributed by atoms with Crippen LogP contribution in [0.15, 0.2) is 17.2 Å². The smallest absolute Gasteiger partial charge is 0 e. The molecular weight excluding hydrogens is 263 g/mol. The van der Waals surface area contributed by atoms with Gasteiger partial charge in [0.2, 0.25) is 0 Å². The van der Waals surface area contributed by atoms with Gasteiger partial charge in [-0.1, -0.05) is 13.3 Å². The Bertz CT molecular complexity index is 131. The van der Waals surface area contributed by atoms with Gasteiger partial charge in [-0.05, 0) is 0 Å². The molecular formula is C7H9Hf-. The van der Waals surface area contributed by atoms with Crippen LogP contribution in [0.25, 0.3) is 0 Å². The Hall–Kier alpha value is 0.350. The third-order valence-corrected chi connectivity index (χ3v) is 1.37. The summed E-state index contributed by atoms with van der Waals surface area (Å²) in [5.41, 5.74) is 2.78. The zero-order valence-corrected chi connectivity index (χ0v) is 8.88. The molecule has 42 valence electrons. The van der Waals surface area contributed by atoms with E-state index in [1.807, 2.05) is 0 Å². The SMILES string of the molecule is CC1=C(C)CC=[C-]1.[Hf]. The van der Waals surface area contributed by atoms with E-state index in [4.69, 9.17) is 0 Å². The van der Waals surface area contributed by atoms with E-state index in [-0.39, 0.29) is 25.8 Å². The first-order chi connectivity index (χ1) is 3.30. The summed E-state index contributed by atoms with van der Waals surface area (Å²) in [7, 11) is 0. The summed E-state index contributed by atoms with van der Waals surface area (Å²) in [6.07, 6.45) is 6.31. The third kappa shape index (κ3) is 1.70. The third-order valence-electron chi connectivity index (χ3n) is 1.37. The van der Waals surface area contributed by atoms with Gasteiger partial charge in [-0.2, -0.15) is 6.08 Å². The minimum absolute atomic E-state index is 0. The molecule has 0 aromatic heterocycles. The topological polar surface area (TPSA) is 0 Å². The van der Waals surface area contributed by atoms with Gasteiger partial charge in [0.15, 0.2) is 0 Å². The van der Waals surface area contributed by atoms with Gasteiger partial charge in [0.1, 0.15) is 0 Å². The molecule has 0 nitrogen and oxygen atoms in total. The maximum absolute atomic E-state index is 3.12. The zero-order chi connectivity index (χ0) is 5.28. The van der Waals surface area contributed by atoms with Crippen LogP contribution < -0.4 is 0 Å². The van der Waals surface area contributed by atoms with Gasteiger partial charge in [0.05, 0.1) is 0 Å². The molecule has 0 aromatic rings. The van der Waals surface area contributed by atoms with E-state index in [9.17, 15) is 0 Å². The maximum atomic E-state index is 3.12. The van der Waals surface area contributed by atoms with Crippen molar-refractivity contribution in [2.24, 2.45) is 0 Å². The molecule has 0 aliphatic heterocycles. The van der Waals surface area contributed by atoms with Crippen molar-refractivity contribution in [1.29, 1.82) is 0 Å². The average Bonchev–Trinajstić information content (AvgIpc) is 1.91. The summed E-state index contributed by atoms with van der Waals surface area (Å²) in [5, 5.41) is 0. The summed E-state index contributed by atoms with van der Waals surface area (Å²) >= 11 is 0. The summed E-state index contributed by atoms with van der Waals surface area (Å²) in [5.74, 6) is 0. The second kappa shape index (κ2) is 3.39. The van der Waals surface area contributed by atoms with E-state index in [1.54, 1.807) is 0 Å². The number of hydrogen-bond donors (Lipinski definition) is 0. The van der Waals surface area contributed by atoms with Crippen LogP contribution in [-0.4, -0.2) is 0 Å². The van der Waals surface area contributed by atoms with Crippen molar-refractivity contribution >= 4 is 0 Å². The monoisotopic (exact) mass is 273 g/mol. The second-order valence-corrected chi connectivity index (χ2v) is 1.96. The summed E-state index contributed by atoms with van der Waals surface area (Å²) in [6.45, 7) is 4.24.